The molecule has 0 unspecified atom stereocenters. The minimum Gasteiger partial charge on any atom is -0.339 e. The van der Waals surface area contributed by atoms with Crippen LogP contribution in [0.5, 0.6) is 0 Å². The zero-order valence-electron chi connectivity index (χ0n) is 13.0. The molecule has 0 aliphatic heterocycles. The van der Waals surface area contributed by atoms with Crippen molar-refractivity contribution in [3.63, 3.8) is 0 Å². The standard InChI is InChI=1S/3C5H7O2.Co/c3*1-4(6)3-5(2)7;/h3*1,3H2,2H3;/q3*-1;+3. The van der Waals surface area contributed by atoms with Crippen molar-refractivity contribution in [1.82, 2.24) is 0 Å². The van der Waals surface area contributed by atoms with E-state index in [-0.39, 0.29) is 70.7 Å². The molecule has 0 fully saturated rings. The number of ketones is 6. The molecule has 0 heterocycles. The molecule has 0 atom stereocenters. The third-order valence-corrected chi connectivity index (χ3v) is 1.34. The normalized spacial score (nSPS) is 7.77. The average molecular weight is 356 g/mol. The largest absolute Gasteiger partial charge is 3.00 e. The van der Waals surface area contributed by atoms with Gasteiger partial charge in [0.25, 0.3) is 0 Å². The Kier molecular flexibility index (Phi) is 22.1. The Balaban J connectivity index is -0.000000108. The Morgan fingerprint density at radius 2 is 0.682 bits per heavy atom. The van der Waals surface area contributed by atoms with Gasteiger partial charge in [-0.05, 0) is 20.8 Å². The summed E-state index contributed by atoms with van der Waals surface area (Å²) in [4.78, 5) is 59.7. The average Bonchev–Trinajstić information content (AvgIpc) is 2.10. The summed E-state index contributed by atoms with van der Waals surface area (Å²) in [6, 6.07) is 0. The SMILES string of the molecule is [CH2-]C(=O)CC(C)=O.[CH2-]C(=O)CC(C)=O.[CH2-]C(=O)CC(C)=O.[Co+3]. The molecule has 6 nitrogen and oxygen atoms in total. The van der Waals surface area contributed by atoms with Crippen LogP contribution >= 0.6 is 0 Å². The van der Waals surface area contributed by atoms with Crippen LogP contribution in [0.1, 0.15) is 40.0 Å². The minimum atomic E-state index is -0.312. The first-order chi connectivity index (χ1) is 9.38. The van der Waals surface area contributed by atoms with Crippen molar-refractivity contribution in [3.8, 4) is 0 Å². The zero-order chi connectivity index (χ0) is 17.6. The Morgan fingerprint density at radius 3 is 0.682 bits per heavy atom. The number of Topliss-reactive ketones (excluding diaryl/α,β-unsaturated/α-hetero) is 6. The zero-order valence-corrected chi connectivity index (χ0v) is 14.1. The van der Waals surface area contributed by atoms with Gasteiger partial charge in [0.15, 0.2) is 0 Å². The van der Waals surface area contributed by atoms with Gasteiger partial charge in [-0.1, -0.05) is 0 Å². The molecule has 0 radical (unpaired) electrons. The van der Waals surface area contributed by atoms with Crippen molar-refractivity contribution in [1.29, 1.82) is 0 Å². The Morgan fingerprint density at radius 1 is 0.545 bits per heavy atom. The summed E-state index contributed by atoms with van der Waals surface area (Å²) in [5.74, 6) is -1.31. The van der Waals surface area contributed by atoms with Crippen molar-refractivity contribution in [2.24, 2.45) is 0 Å². The Labute approximate surface area is 141 Å². The van der Waals surface area contributed by atoms with E-state index in [4.69, 9.17) is 0 Å². The monoisotopic (exact) mass is 356 g/mol. The molecule has 0 bridgehead atoms. The Hall–Kier alpha value is -1.86. The van der Waals surface area contributed by atoms with E-state index in [2.05, 4.69) is 20.8 Å². The first-order valence-corrected chi connectivity index (χ1v) is 5.91. The van der Waals surface area contributed by atoms with Gasteiger partial charge in [0.05, 0.1) is 0 Å². The molecule has 126 valence electrons. The van der Waals surface area contributed by atoms with Crippen molar-refractivity contribution < 1.29 is 45.5 Å². The summed E-state index contributed by atoms with van der Waals surface area (Å²) < 4.78 is 0. The van der Waals surface area contributed by atoms with Crippen LogP contribution in [0.15, 0.2) is 0 Å². The number of carbonyl (C=O) groups excluding carboxylic acids is 6. The number of hydrogen-bond donors (Lipinski definition) is 0. The maximum absolute atomic E-state index is 9.99. The van der Waals surface area contributed by atoms with Gasteiger partial charge in [-0.2, -0.15) is 0 Å². The molecule has 0 saturated carbocycles. The van der Waals surface area contributed by atoms with Crippen LogP contribution in [-0.4, -0.2) is 34.7 Å². The van der Waals surface area contributed by atoms with Crippen LogP contribution < -0.4 is 0 Å². The van der Waals surface area contributed by atoms with Crippen molar-refractivity contribution >= 4 is 34.7 Å². The summed E-state index contributed by atoms with van der Waals surface area (Å²) >= 11 is 0. The summed E-state index contributed by atoms with van der Waals surface area (Å²) in [5.41, 5.74) is 0. The number of carbonyl (C=O) groups is 6. The molecule has 0 N–H and O–H groups in total. The van der Waals surface area contributed by atoms with E-state index in [1.807, 2.05) is 0 Å². The van der Waals surface area contributed by atoms with Gasteiger partial charge >= 0.3 is 16.8 Å². The summed E-state index contributed by atoms with van der Waals surface area (Å²) in [6.07, 6.45) is -0.0833. The maximum Gasteiger partial charge on any atom is 3.00 e. The van der Waals surface area contributed by atoms with E-state index in [1.165, 1.54) is 20.8 Å². The van der Waals surface area contributed by atoms with Gasteiger partial charge in [-0.3, -0.25) is 14.4 Å². The molecule has 22 heavy (non-hydrogen) atoms. The van der Waals surface area contributed by atoms with Gasteiger partial charge in [0.2, 0.25) is 0 Å². The van der Waals surface area contributed by atoms with Crippen LogP contribution in [-0.2, 0) is 45.5 Å². The molecule has 0 amide bonds. The molecule has 0 spiro atoms. The van der Waals surface area contributed by atoms with E-state index in [0.717, 1.165) is 0 Å². The first-order valence-electron chi connectivity index (χ1n) is 5.91. The van der Waals surface area contributed by atoms with Crippen molar-refractivity contribution in [3.05, 3.63) is 20.8 Å². The predicted octanol–water partition coefficient (Wildman–Crippen LogP) is 1.10. The second kappa shape index (κ2) is 17.2. The molecular formula is C15H21CoO6. The first kappa shape index (κ1) is 28.3. The van der Waals surface area contributed by atoms with Gasteiger partial charge in [0.1, 0.15) is 17.3 Å². The topological polar surface area (TPSA) is 102 Å². The van der Waals surface area contributed by atoms with E-state index < -0.39 is 0 Å². The van der Waals surface area contributed by atoms with Crippen LogP contribution in [0.25, 0.3) is 0 Å². The van der Waals surface area contributed by atoms with Gasteiger partial charge < -0.3 is 35.2 Å². The molecular weight excluding hydrogens is 335 g/mol. The fourth-order valence-electron chi connectivity index (χ4n) is 0.833. The fraction of sp³-hybridized carbons (Fsp3) is 0.400. The Bertz CT molecular complexity index is 314. The molecule has 7 heteroatoms. The number of hydrogen-bond acceptors (Lipinski definition) is 6. The predicted molar refractivity (Wildman–Crippen MR) is 77.0 cm³/mol. The van der Waals surface area contributed by atoms with Crippen LogP contribution in [0.3, 0.4) is 0 Å². The van der Waals surface area contributed by atoms with Crippen molar-refractivity contribution in [2.75, 3.05) is 0 Å². The molecule has 0 aromatic heterocycles. The third kappa shape index (κ3) is 51.8. The van der Waals surface area contributed by atoms with E-state index in [9.17, 15) is 28.8 Å². The smallest absolute Gasteiger partial charge is 0.339 e. The van der Waals surface area contributed by atoms with E-state index in [0.29, 0.717) is 0 Å². The maximum atomic E-state index is 9.99. The fourth-order valence-corrected chi connectivity index (χ4v) is 0.833. The van der Waals surface area contributed by atoms with Crippen LogP contribution in [0, 0.1) is 20.8 Å². The van der Waals surface area contributed by atoms with Crippen molar-refractivity contribution in [2.45, 2.75) is 40.0 Å². The summed E-state index contributed by atoms with van der Waals surface area (Å²) in [5, 5.41) is 0. The van der Waals surface area contributed by atoms with E-state index >= 15 is 0 Å². The van der Waals surface area contributed by atoms with Gasteiger partial charge in [-0.25, -0.2) is 0 Å². The third-order valence-electron chi connectivity index (χ3n) is 1.34. The second-order valence-electron chi connectivity index (χ2n) is 4.25. The quantitative estimate of drug-likeness (QED) is 0.522. The second-order valence-corrected chi connectivity index (χ2v) is 4.25. The van der Waals surface area contributed by atoms with Crippen LogP contribution in [0.4, 0.5) is 0 Å². The van der Waals surface area contributed by atoms with Gasteiger partial charge in [-0.15, -0.1) is 0 Å². The minimum absolute atomic E-state index is 0. The molecule has 0 rings (SSSR count). The molecule has 0 aliphatic rings. The van der Waals surface area contributed by atoms with Gasteiger partial charge in [0, 0.05) is 36.6 Å². The summed E-state index contributed by atoms with van der Waals surface area (Å²) in [6.45, 7) is 13.1. The van der Waals surface area contributed by atoms with E-state index in [1.54, 1.807) is 0 Å². The number of rotatable bonds is 6. The van der Waals surface area contributed by atoms with Crippen LogP contribution in [0.2, 0.25) is 0 Å². The molecule has 0 saturated heterocycles. The molecule has 0 aromatic carbocycles. The molecule has 0 aromatic rings. The summed E-state index contributed by atoms with van der Waals surface area (Å²) in [7, 11) is 0. The molecule has 0 aliphatic carbocycles.